The summed E-state index contributed by atoms with van der Waals surface area (Å²) in [6.45, 7) is 6.79. The normalized spacial score (nSPS) is 27.9. The van der Waals surface area contributed by atoms with Crippen LogP contribution in [0, 0.1) is 17.3 Å². The summed E-state index contributed by atoms with van der Waals surface area (Å²) < 4.78 is 54.9. The molecule has 8 rings (SSSR count). The van der Waals surface area contributed by atoms with E-state index in [1.165, 1.54) is 0 Å². The molecule has 0 unspecified atom stereocenters. The van der Waals surface area contributed by atoms with Gasteiger partial charge in [0.25, 0.3) is 0 Å². The molecule has 3 aliphatic carbocycles. The minimum absolute atomic E-state index is 0.0517. The standard InChI is InChI=1S/C31H34BNO6S/c1-30(2)23-15-27(30)31(3)28(16-23)38-32(39-31)29(14-22-18-37-26-11-7-6-10-25(22)26)33-40(34,35)19-21-8-4-5-9-24(21)20-12-13-36-17-20/h4-13,17-18,23,27-29,33H,14-16,19H2,1-3H3/t23-,27-,28+,29-,31-/m0/s1. The molecular weight excluding hydrogens is 525 g/mol. The Kier molecular flexibility index (Phi) is 6.09. The molecule has 3 heterocycles. The highest BCUT2D eigenvalue weighted by Gasteiger charge is 2.68. The van der Waals surface area contributed by atoms with Crippen LogP contribution in [0.1, 0.15) is 44.7 Å². The second kappa shape index (κ2) is 9.34. The molecule has 2 aromatic heterocycles. The smallest absolute Gasteiger partial charge is 0.472 e. The van der Waals surface area contributed by atoms with E-state index in [2.05, 4.69) is 25.5 Å². The molecule has 5 atom stereocenters. The van der Waals surface area contributed by atoms with E-state index in [-0.39, 0.29) is 17.3 Å². The van der Waals surface area contributed by atoms with Gasteiger partial charge in [-0.25, -0.2) is 13.1 Å². The second-order valence-electron chi connectivity index (χ2n) is 12.5. The van der Waals surface area contributed by atoms with Crippen LogP contribution in [0.3, 0.4) is 0 Å². The Hall–Kier alpha value is -2.85. The first-order chi connectivity index (χ1) is 19.1. The molecule has 2 aromatic carbocycles. The molecule has 9 heteroatoms. The van der Waals surface area contributed by atoms with Crippen molar-refractivity contribution in [2.24, 2.45) is 17.3 Å². The van der Waals surface area contributed by atoms with Crippen LogP contribution in [0.25, 0.3) is 22.1 Å². The Labute approximate surface area is 235 Å². The van der Waals surface area contributed by atoms with E-state index >= 15 is 0 Å². The summed E-state index contributed by atoms with van der Waals surface area (Å²) in [5.74, 6) is 0.171. The number of nitrogens with one attached hydrogen (secondary N) is 1. The van der Waals surface area contributed by atoms with Gasteiger partial charge >= 0.3 is 7.12 Å². The van der Waals surface area contributed by atoms with E-state index in [0.717, 1.165) is 40.5 Å². The zero-order valence-electron chi connectivity index (χ0n) is 23.0. The predicted octanol–water partition coefficient (Wildman–Crippen LogP) is 5.99. The summed E-state index contributed by atoms with van der Waals surface area (Å²) >= 11 is 0. The van der Waals surface area contributed by atoms with E-state index < -0.39 is 28.7 Å². The van der Waals surface area contributed by atoms with Crippen molar-refractivity contribution in [1.82, 2.24) is 4.72 Å². The molecule has 3 saturated carbocycles. The Morgan fingerprint density at radius 2 is 1.80 bits per heavy atom. The second-order valence-corrected chi connectivity index (χ2v) is 14.2. The van der Waals surface area contributed by atoms with Crippen molar-refractivity contribution in [2.45, 2.75) is 63.4 Å². The van der Waals surface area contributed by atoms with Crippen molar-refractivity contribution < 1.29 is 26.6 Å². The molecule has 1 aliphatic heterocycles. The van der Waals surface area contributed by atoms with Gasteiger partial charge in [0.1, 0.15) is 5.58 Å². The number of sulfonamides is 1. The molecule has 208 valence electrons. The SMILES string of the molecule is CC1(C)[C@@H]2C[C@H]3OB([C@H](Cc4coc5ccccc45)NS(=O)(=O)Cc4ccccc4-c4ccoc4)O[C@@]3(C)[C@H]1C2. The molecule has 2 bridgehead atoms. The van der Waals surface area contributed by atoms with E-state index in [0.29, 0.717) is 23.8 Å². The zero-order chi connectivity index (χ0) is 27.7. The van der Waals surface area contributed by atoms with Crippen LogP contribution < -0.4 is 4.72 Å². The highest BCUT2D eigenvalue weighted by molar-refractivity contribution is 7.88. The lowest BCUT2D eigenvalue weighted by molar-refractivity contribution is -0.199. The van der Waals surface area contributed by atoms with Gasteiger partial charge in [-0.1, -0.05) is 56.3 Å². The Morgan fingerprint density at radius 1 is 1.00 bits per heavy atom. The van der Waals surface area contributed by atoms with E-state index in [4.69, 9.17) is 18.1 Å². The number of benzene rings is 2. The molecule has 4 aromatic rings. The predicted molar refractivity (Wildman–Crippen MR) is 154 cm³/mol. The maximum Gasteiger partial charge on any atom is 0.477 e. The number of fused-ring (bicyclic) bond motifs is 1. The van der Waals surface area contributed by atoms with Crippen molar-refractivity contribution in [2.75, 3.05) is 0 Å². The molecule has 4 aliphatic rings. The van der Waals surface area contributed by atoms with Gasteiger partial charge in [0.2, 0.25) is 10.0 Å². The number of hydrogen-bond donors (Lipinski definition) is 1. The topological polar surface area (TPSA) is 90.9 Å². The summed E-state index contributed by atoms with van der Waals surface area (Å²) in [6, 6.07) is 17.1. The Morgan fingerprint density at radius 3 is 2.60 bits per heavy atom. The Balaban J connectivity index is 1.19. The number of hydrogen-bond acceptors (Lipinski definition) is 6. The number of rotatable bonds is 8. The molecular formula is C31H34BNO6S. The molecule has 40 heavy (non-hydrogen) atoms. The fourth-order valence-corrected chi connectivity index (χ4v) is 8.92. The molecule has 0 spiro atoms. The van der Waals surface area contributed by atoms with Gasteiger partial charge in [0.15, 0.2) is 0 Å². The quantitative estimate of drug-likeness (QED) is 0.267. The van der Waals surface area contributed by atoms with Crippen LogP contribution in [-0.4, -0.2) is 33.2 Å². The lowest BCUT2D eigenvalue weighted by Crippen LogP contribution is -2.65. The van der Waals surface area contributed by atoms with Crippen molar-refractivity contribution >= 4 is 28.1 Å². The summed E-state index contributed by atoms with van der Waals surface area (Å²) in [5, 5.41) is 0.960. The van der Waals surface area contributed by atoms with Gasteiger partial charge < -0.3 is 18.1 Å². The molecule has 7 nitrogen and oxygen atoms in total. The van der Waals surface area contributed by atoms with E-state index in [9.17, 15) is 8.42 Å². The van der Waals surface area contributed by atoms with Crippen molar-refractivity contribution in [1.29, 1.82) is 0 Å². The third kappa shape index (κ3) is 4.26. The number of furan rings is 2. The zero-order valence-corrected chi connectivity index (χ0v) is 23.8. The van der Waals surface area contributed by atoms with Crippen LogP contribution in [-0.2, 0) is 31.5 Å². The van der Waals surface area contributed by atoms with Crippen LogP contribution >= 0.6 is 0 Å². The van der Waals surface area contributed by atoms with Crippen LogP contribution in [0.15, 0.2) is 82.2 Å². The highest BCUT2D eigenvalue weighted by atomic mass is 32.2. The van der Waals surface area contributed by atoms with Crippen molar-refractivity contribution in [3.63, 3.8) is 0 Å². The van der Waals surface area contributed by atoms with Gasteiger partial charge in [-0.2, -0.15) is 0 Å². The van der Waals surface area contributed by atoms with Gasteiger partial charge in [-0.3, -0.25) is 0 Å². The minimum Gasteiger partial charge on any atom is -0.472 e. The third-order valence-corrected chi connectivity index (χ3v) is 11.2. The van der Waals surface area contributed by atoms with E-state index in [1.54, 1.807) is 18.8 Å². The van der Waals surface area contributed by atoms with E-state index in [1.807, 2.05) is 54.6 Å². The average Bonchev–Trinajstić information content (AvgIpc) is 3.66. The monoisotopic (exact) mass is 559 g/mol. The molecule has 4 fully saturated rings. The highest BCUT2D eigenvalue weighted by Crippen LogP contribution is 2.65. The largest absolute Gasteiger partial charge is 0.477 e. The van der Waals surface area contributed by atoms with Gasteiger partial charge in [0.05, 0.1) is 42.2 Å². The molecule has 0 amide bonds. The fraction of sp³-hybridized carbons (Fsp3) is 0.419. The van der Waals surface area contributed by atoms with Gasteiger partial charge in [-0.05, 0) is 72.3 Å². The van der Waals surface area contributed by atoms with Crippen molar-refractivity contribution in [3.8, 4) is 11.1 Å². The third-order valence-electron chi connectivity index (χ3n) is 9.82. The average molecular weight is 559 g/mol. The Bertz CT molecular complexity index is 1650. The summed E-state index contributed by atoms with van der Waals surface area (Å²) in [6.07, 6.45) is 7.32. The fourth-order valence-electron chi connectivity index (χ4n) is 7.51. The summed E-state index contributed by atoms with van der Waals surface area (Å²) in [4.78, 5) is 0. The van der Waals surface area contributed by atoms with Crippen LogP contribution in [0.4, 0.5) is 0 Å². The molecule has 0 radical (unpaired) electrons. The first-order valence-electron chi connectivity index (χ1n) is 14.0. The maximum absolute atomic E-state index is 13.8. The maximum atomic E-state index is 13.8. The molecule has 1 N–H and O–H groups in total. The lowest BCUT2D eigenvalue weighted by Gasteiger charge is -2.64. The summed E-state index contributed by atoms with van der Waals surface area (Å²) in [7, 11) is -4.50. The van der Waals surface area contributed by atoms with Crippen LogP contribution in [0.5, 0.6) is 0 Å². The number of para-hydroxylation sites is 1. The van der Waals surface area contributed by atoms with Gasteiger partial charge in [-0.15, -0.1) is 0 Å². The van der Waals surface area contributed by atoms with Crippen LogP contribution in [0.2, 0.25) is 0 Å². The minimum atomic E-state index is -3.79. The van der Waals surface area contributed by atoms with Gasteiger partial charge in [0, 0.05) is 10.9 Å². The van der Waals surface area contributed by atoms with Crippen molar-refractivity contribution in [3.05, 3.63) is 84.5 Å². The summed E-state index contributed by atoms with van der Waals surface area (Å²) in [5.41, 5.74) is 3.79. The first kappa shape index (κ1) is 26.1. The molecule has 1 saturated heterocycles. The lowest BCUT2D eigenvalue weighted by atomic mass is 9.43. The first-order valence-corrected chi connectivity index (χ1v) is 15.7.